The Kier molecular flexibility index (Phi) is 4.86. The Morgan fingerprint density at radius 1 is 1.15 bits per heavy atom. The van der Waals surface area contributed by atoms with Crippen LogP contribution in [0.4, 0.5) is 8.78 Å². The van der Waals surface area contributed by atoms with Crippen LogP contribution in [0.15, 0.2) is 40.9 Å². The molecule has 0 radical (unpaired) electrons. The second kappa shape index (κ2) is 6.43. The van der Waals surface area contributed by atoms with Gasteiger partial charge in [0.15, 0.2) is 0 Å². The van der Waals surface area contributed by atoms with Crippen LogP contribution in [0.1, 0.15) is 22.7 Å². The van der Waals surface area contributed by atoms with Crippen molar-refractivity contribution in [3.8, 4) is 0 Å². The highest BCUT2D eigenvalue weighted by Gasteiger charge is 2.16. The van der Waals surface area contributed by atoms with Crippen molar-refractivity contribution in [1.82, 2.24) is 5.43 Å². The summed E-state index contributed by atoms with van der Waals surface area (Å²) >= 11 is 3.39. The predicted octanol–water partition coefficient (Wildman–Crippen LogP) is 3.78. The lowest BCUT2D eigenvalue weighted by molar-refractivity contribution is 0.540. The Balaban J connectivity index is 2.31. The summed E-state index contributed by atoms with van der Waals surface area (Å²) in [5.74, 6) is 5.00. The monoisotopic (exact) mass is 340 g/mol. The summed E-state index contributed by atoms with van der Waals surface area (Å²) in [6.45, 7) is 1.84. The summed E-state index contributed by atoms with van der Waals surface area (Å²) in [7, 11) is 0. The lowest BCUT2D eigenvalue weighted by atomic mass is 9.96. The van der Waals surface area contributed by atoms with Crippen LogP contribution in [-0.2, 0) is 6.42 Å². The van der Waals surface area contributed by atoms with Crippen molar-refractivity contribution in [2.75, 3.05) is 0 Å². The van der Waals surface area contributed by atoms with Gasteiger partial charge in [-0.25, -0.2) is 8.78 Å². The predicted molar refractivity (Wildman–Crippen MR) is 79.0 cm³/mol. The van der Waals surface area contributed by atoms with Crippen LogP contribution < -0.4 is 11.3 Å². The molecule has 1 atom stereocenters. The third kappa shape index (κ3) is 3.42. The number of hydrazine groups is 1. The molecule has 0 spiro atoms. The maximum atomic E-state index is 13.4. The molecule has 0 fully saturated rings. The smallest absolute Gasteiger partial charge is 0.123 e. The fourth-order valence-electron chi connectivity index (χ4n) is 2.15. The lowest BCUT2D eigenvalue weighted by Gasteiger charge is -2.19. The van der Waals surface area contributed by atoms with Gasteiger partial charge in [-0.1, -0.05) is 22.0 Å². The quantitative estimate of drug-likeness (QED) is 0.656. The highest BCUT2D eigenvalue weighted by atomic mass is 79.9. The standard InChI is InChI=1S/C15H15BrF2N2/c1-9-6-11(17)3-2-10(9)7-15(20-19)13-8-12(18)4-5-14(13)16/h2-6,8,15,20H,7,19H2,1H3. The molecule has 2 nitrogen and oxygen atoms in total. The minimum atomic E-state index is -0.320. The maximum Gasteiger partial charge on any atom is 0.123 e. The van der Waals surface area contributed by atoms with Crippen molar-refractivity contribution in [3.63, 3.8) is 0 Å². The van der Waals surface area contributed by atoms with Crippen LogP contribution in [0, 0.1) is 18.6 Å². The lowest BCUT2D eigenvalue weighted by Crippen LogP contribution is -2.30. The molecule has 3 N–H and O–H groups in total. The van der Waals surface area contributed by atoms with Gasteiger partial charge in [-0.05, 0) is 60.4 Å². The first kappa shape index (κ1) is 15.1. The first-order valence-electron chi connectivity index (χ1n) is 6.17. The van der Waals surface area contributed by atoms with E-state index in [9.17, 15) is 8.78 Å². The van der Waals surface area contributed by atoms with E-state index in [-0.39, 0.29) is 17.7 Å². The van der Waals surface area contributed by atoms with Gasteiger partial charge < -0.3 is 0 Å². The van der Waals surface area contributed by atoms with E-state index in [1.807, 2.05) is 6.92 Å². The van der Waals surface area contributed by atoms with Crippen LogP contribution in [-0.4, -0.2) is 0 Å². The van der Waals surface area contributed by atoms with Gasteiger partial charge in [0.1, 0.15) is 11.6 Å². The van der Waals surface area contributed by atoms with E-state index in [1.165, 1.54) is 24.3 Å². The first-order chi connectivity index (χ1) is 9.51. The average molecular weight is 341 g/mol. The molecular weight excluding hydrogens is 326 g/mol. The van der Waals surface area contributed by atoms with Gasteiger partial charge >= 0.3 is 0 Å². The third-order valence-corrected chi connectivity index (χ3v) is 3.99. The van der Waals surface area contributed by atoms with Crippen LogP contribution >= 0.6 is 15.9 Å². The SMILES string of the molecule is Cc1cc(F)ccc1CC(NN)c1cc(F)ccc1Br. The van der Waals surface area contributed by atoms with Gasteiger partial charge in [0.25, 0.3) is 0 Å². The van der Waals surface area contributed by atoms with Gasteiger partial charge in [0.2, 0.25) is 0 Å². The number of rotatable bonds is 4. The highest BCUT2D eigenvalue weighted by Crippen LogP contribution is 2.27. The van der Waals surface area contributed by atoms with Gasteiger partial charge in [-0.3, -0.25) is 11.3 Å². The average Bonchev–Trinajstić information content (AvgIpc) is 2.41. The fraction of sp³-hybridized carbons (Fsp3) is 0.200. The van der Waals surface area contributed by atoms with Crippen molar-refractivity contribution in [2.45, 2.75) is 19.4 Å². The summed E-state index contributed by atoms with van der Waals surface area (Å²) < 4.78 is 27.3. The van der Waals surface area contributed by atoms with Gasteiger partial charge in [-0.15, -0.1) is 0 Å². The summed E-state index contributed by atoms with van der Waals surface area (Å²) in [5.41, 5.74) is 5.23. The second-order valence-corrected chi connectivity index (χ2v) is 5.51. The van der Waals surface area contributed by atoms with Gasteiger partial charge in [-0.2, -0.15) is 0 Å². The molecule has 106 valence electrons. The topological polar surface area (TPSA) is 38.0 Å². The number of nitrogens with one attached hydrogen (secondary N) is 1. The van der Waals surface area contributed by atoms with Crippen molar-refractivity contribution in [3.05, 3.63) is 69.2 Å². The number of halogens is 3. The molecule has 0 aliphatic carbocycles. The number of hydrogen-bond donors (Lipinski definition) is 2. The molecule has 0 saturated carbocycles. The summed E-state index contributed by atoms with van der Waals surface area (Å²) in [6.07, 6.45) is 0.546. The Hall–Kier alpha value is -1.30. The molecule has 0 aliphatic rings. The summed E-state index contributed by atoms with van der Waals surface area (Å²) in [6, 6.07) is 8.82. The normalized spacial score (nSPS) is 12.4. The van der Waals surface area contributed by atoms with E-state index in [0.29, 0.717) is 6.42 Å². The van der Waals surface area contributed by atoms with Gasteiger partial charge in [0.05, 0.1) is 6.04 Å². The molecular formula is C15H15BrF2N2. The van der Waals surface area contributed by atoms with E-state index >= 15 is 0 Å². The Morgan fingerprint density at radius 3 is 2.45 bits per heavy atom. The molecule has 2 rings (SSSR count). The molecule has 1 unspecified atom stereocenters. The molecule has 20 heavy (non-hydrogen) atoms. The van der Waals surface area contributed by atoms with E-state index < -0.39 is 0 Å². The summed E-state index contributed by atoms with van der Waals surface area (Å²) in [4.78, 5) is 0. The Morgan fingerprint density at radius 2 is 1.80 bits per heavy atom. The Bertz CT molecular complexity index is 617. The highest BCUT2D eigenvalue weighted by molar-refractivity contribution is 9.10. The van der Waals surface area contributed by atoms with Crippen LogP contribution in [0.2, 0.25) is 0 Å². The summed E-state index contributed by atoms with van der Waals surface area (Å²) in [5, 5.41) is 0. The first-order valence-corrected chi connectivity index (χ1v) is 6.96. The van der Waals surface area contributed by atoms with Crippen molar-refractivity contribution in [1.29, 1.82) is 0 Å². The zero-order chi connectivity index (χ0) is 14.7. The maximum absolute atomic E-state index is 13.4. The van der Waals surface area contributed by atoms with Crippen molar-refractivity contribution < 1.29 is 8.78 Å². The zero-order valence-electron chi connectivity index (χ0n) is 11.0. The molecule has 2 aromatic rings. The molecule has 0 aliphatic heterocycles. The molecule has 0 saturated heterocycles. The molecule has 0 bridgehead atoms. The molecule has 0 heterocycles. The van der Waals surface area contributed by atoms with E-state index in [2.05, 4.69) is 21.4 Å². The number of nitrogens with two attached hydrogens (primary N) is 1. The van der Waals surface area contributed by atoms with E-state index in [0.717, 1.165) is 21.2 Å². The minimum Gasteiger partial charge on any atom is -0.271 e. The largest absolute Gasteiger partial charge is 0.271 e. The third-order valence-electron chi connectivity index (χ3n) is 3.26. The number of hydrogen-bond acceptors (Lipinski definition) is 2. The van der Waals surface area contributed by atoms with Gasteiger partial charge in [0, 0.05) is 4.47 Å². The number of aryl methyl sites for hydroxylation is 1. The van der Waals surface area contributed by atoms with Crippen LogP contribution in [0.25, 0.3) is 0 Å². The van der Waals surface area contributed by atoms with E-state index in [4.69, 9.17) is 5.84 Å². The molecule has 2 aromatic carbocycles. The second-order valence-electron chi connectivity index (χ2n) is 4.66. The molecule has 0 aromatic heterocycles. The fourth-order valence-corrected chi connectivity index (χ4v) is 2.67. The van der Waals surface area contributed by atoms with Crippen molar-refractivity contribution in [2.24, 2.45) is 5.84 Å². The molecule has 5 heteroatoms. The zero-order valence-corrected chi connectivity index (χ0v) is 12.5. The van der Waals surface area contributed by atoms with Crippen molar-refractivity contribution >= 4 is 15.9 Å². The van der Waals surface area contributed by atoms with Crippen LogP contribution in [0.5, 0.6) is 0 Å². The Labute approximate surface area is 125 Å². The van der Waals surface area contributed by atoms with Crippen LogP contribution in [0.3, 0.4) is 0 Å². The minimum absolute atomic E-state index is 0.260. The molecule has 0 amide bonds. The number of benzene rings is 2. The van der Waals surface area contributed by atoms with E-state index in [1.54, 1.807) is 12.1 Å².